The Labute approximate surface area is 149 Å². The van der Waals surface area contributed by atoms with Crippen LogP contribution in [0.5, 0.6) is 0 Å². The monoisotopic (exact) mass is 344 g/mol. The Morgan fingerprint density at radius 3 is 2.60 bits per heavy atom. The van der Waals surface area contributed by atoms with Crippen molar-refractivity contribution in [1.82, 2.24) is 10.2 Å². The van der Waals surface area contributed by atoms with Gasteiger partial charge in [0.1, 0.15) is 6.61 Å². The van der Waals surface area contributed by atoms with Crippen LogP contribution in [-0.4, -0.2) is 42.5 Å². The van der Waals surface area contributed by atoms with Crippen LogP contribution in [-0.2, 0) is 14.3 Å². The standard InChI is InChI=1S/C20H28N2O3/c1-2-22(13-15-9-5-3-6-10-15)20(24)19-18(21-17(23)14-25-19)16-11-7-4-8-12-16/h4,7-8,11-12,15,18-19H,2-3,5-6,9-10,13-14H2,1H3,(H,21,23)/t18-,19+/m1/s1. The molecule has 5 heteroatoms. The first-order valence-corrected chi connectivity index (χ1v) is 9.43. The number of benzene rings is 1. The molecule has 1 aliphatic heterocycles. The van der Waals surface area contributed by atoms with E-state index in [-0.39, 0.29) is 18.4 Å². The van der Waals surface area contributed by atoms with Crippen molar-refractivity contribution in [1.29, 1.82) is 0 Å². The second-order valence-corrected chi connectivity index (χ2v) is 7.07. The van der Waals surface area contributed by atoms with E-state index in [1.54, 1.807) is 0 Å². The molecule has 136 valence electrons. The van der Waals surface area contributed by atoms with Crippen LogP contribution in [0.15, 0.2) is 30.3 Å². The lowest BCUT2D eigenvalue weighted by Gasteiger charge is -2.36. The van der Waals surface area contributed by atoms with Crippen LogP contribution in [0.3, 0.4) is 0 Å². The Kier molecular flexibility index (Phi) is 6.08. The Hall–Kier alpha value is -1.88. The number of nitrogens with one attached hydrogen (secondary N) is 1. The van der Waals surface area contributed by atoms with Crippen molar-refractivity contribution in [3.05, 3.63) is 35.9 Å². The minimum atomic E-state index is -0.649. The molecular formula is C20H28N2O3. The summed E-state index contributed by atoms with van der Waals surface area (Å²) < 4.78 is 5.69. The summed E-state index contributed by atoms with van der Waals surface area (Å²) in [4.78, 5) is 26.9. The highest BCUT2D eigenvalue weighted by Gasteiger charge is 2.38. The molecule has 0 unspecified atom stereocenters. The lowest BCUT2D eigenvalue weighted by molar-refractivity contribution is -0.155. The Balaban J connectivity index is 1.73. The molecule has 2 atom stereocenters. The van der Waals surface area contributed by atoms with Gasteiger partial charge in [0.05, 0.1) is 6.04 Å². The maximum atomic E-state index is 13.1. The Morgan fingerprint density at radius 1 is 1.20 bits per heavy atom. The van der Waals surface area contributed by atoms with Crippen LogP contribution in [0.2, 0.25) is 0 Å². The van der Waals surface area contributed by atoms with Crippen molar-refractivity contribution >= 4 is 11.8 Å². The zero-order valence-electron chi connectivity index (χ0n) is 14.9. The highest BCUT2D eigenvalue weighted by Crippen LogP contribution is 2.27. The molecule has 2 aliphatic rings. The zero-order chi connectivity index (χ0) is 17.6. The normalized spacial score (nSPS) is 24.6. The molecule has 0 spiro atoms. The number of hydrogen-bond donors (Lipinski definition) is 1. The predicted molar refractivity (Wildman–Crippen MR) is 95.9 cm³/mol. The molecule has 1 aromatic carbocycles. The van der Waals surface area contributed by atoms with Gasteiger partial charge in [-0.2, -0.15) is 0 Å². The zero-order valence-corrected chi connectivity index (χ0v) is 14.9. The van der Waals surface area contributed by atoms with Gasteiger partial charge >= 0.3 is 0 Å². The summed E-state index contributed by atoms with van der Waals surface area (Å²) >= 11 is 0. The molecule has 1 aromatic rings. The summed E-state index contributed by atoms with van der Waals surface area (Å²) in [6.45, 7) is 3.43. The van der Waals surface area contributed by atoms with Crippen molar-refractivity contribution < 1.29 is 14.3 Å². The summed E-state index contributed by atoms with van der Waals surface area (Å²) in [7, 11) is 0. The number of amides is 2. The summed E-state index contributed by atoms with van der Waals surface area (Å²) in [5.74, 6) is 0.404. The molecule has 1 heterocycles. The molecule has 1 saturated heterocycles. The van der Waals surface area contributed by atoms with Crippen LogP contribution in [0, 0.1) is 5.92 Å². The number of carbonyl (C=O) groups excluding carboxylic acids is 2. The topological polar surface area (TPSA) is 58.6 Å². The Morgan fingerprint density at radius 2 is 1.92 bits per heavy atom. The van der Waals surface area contributed by atoms with Crippen LogP contribution in [0.4, 0.5) is 0 Å². The van der Waals surface area contributed by atoms with Crippen LogP contribution >= 0.6 is 0 Å². The third-order valence-electron chi connectivity index (χ3n) is 5.31. The molecule has 0 aromatic heterocycles. The fourth-order valence-electron chi connectivity index (χ4n) is 3.92. The van der Waals surface area contributed by atoms with Gasteiger partial charge < -0.3 is 15.0 Å². The van der Waals surface area contributed by atoms with E-state index in [0.29, 0.717) is 12.5 Å². The molecule has 0 radical (unpaired) electrons. The lowest BCUT2D eigenvalue weighted by Crippen LogP contribution is -2.54. The SMILES string of the molecule is CCN(CC1CCCCC1)C(=O)[C@H]1OCC(=O)N[C@@H]1c1ccccc1. The van der Waals surface area contributed by atoms with E-state index in [9.17, 15) is 9.59 Å². The molecule has 2 amide bonds. The molecule has 0 bridgehead atoms. The molecule has 2 fully saturated rings. The summed E-state index contributed by atoms with van der Waals surface area (Å²) in [6.07, 6.45) is 5.59. The number of likely N-dealkylation sites (N-methyl/N-ethyl adjacent to an activating group) is 1. The fourth-order valence-corrected chi connectivity index (χ4v) is 3.92. The smallest absolute Gasteiger partial charge is 0.254 e. The quantitative estimate of drug-likeness (QED) is 0.893. The van der Waals surface area contributed by atoms with Gasteiger partial charge in [-0.1, -0.05) is 49.6 Å². The molecule has 1 saturated carbocycles. The van der Waals surface area contributed by atoms with Gasteiger partial charge in [0, 0.05) is 13.1 Å². The minimum absolute atomic E-state index is 0.0121. The van der Waals surface area contributed by atoms with Gasteiger partial charge in [-0.25, -0.2) is 0 Å². The highest BCUT2D eigenvalue weighted by atomic mass is 16.5. The summed E-state index contributed by atoms with van der Waals surface area (Å²) in [5, 5.41) is 2.93. The fraction of sp³-hybridized carbons (Fsp3) is 0.600. The van der Waals surface area contributed by atoms with Crippen molar-refractivity contribution in [2.45, 2.75) is 51.2 Å². The molecular weight excluding hydrogens is 316 g/mol. The maximum Gasteiger partial charge on any atom is 0.254 e. The van der Waals surface area contributed by atoms with Gasteiger partial charge in [0.15, 0.2) is 6.10 Å². The van der Waals surface area contributed by atoms with Gasteiger partial charge in [-0.05, 0) is 31.2 Å². The predicted octanol–water partition coefficient (Wildman–Crippen LogP) is 2.67. The number of nitrogens with zero attached hydrogens (tertiary/aromatic N) is 1. The summed E-state index contributed by atoms with van der Waals surface area (Å²) in [6, 6.07) is 9.19. The van der Waals surface area contributed by atoms with E-state index < -0.39 is 12.1 Å². The second-order valence-electron chi connectivity index (χ2n) is 7.07. The van der Waals surface area contributed by atoms with Crippen molar-refractivity contribution in [3.63, 3.8) is 0 Å². The van der Waals surface area contributed by atoms with Gasteiger partial charge in [0.2, 0.25) is 5.91 Å². The van der Waals surface area contributed by atoms with E-state index in [1.807, 2.05) is 42.2 Å². The van der Waals surface area contributed by atoms with Crippen LogP contribution in [0.1, 0.15) is 50.6 Å². The average Bonchev–Trinajstić information content (AvgIpc) is 2.67. The van der Waals surface area contributed by atoms with Gasteiger partial charge in [-0.15, -0.1) is 0 Å². The van der Waals surface area contributed by atoms with Crippen LogP contribution in [0.25, 0.3) is 0 Å². The van der Waals surface area contributed by atoms with E-state index in [0.717, 1.165) is 12.1 Å². The number of ether oxygens (including phenoxy) is 1. The average molecular weight is 344 g/mol. The van der Waals surface area contributed by atoms with E-state index >= 15 is 0 Å². The first kappa shape index (κ1) is 17.9. The molecule has 25 heavy (non-hydrogen) atoms. The molecule has 1 N–H and O–H groups in total. The van der Waals surface area contributed by atoms with Gasteiger partial charge in [0.25, 0.3) is 5.91 Å². The number of hydrogen-bond acceptors (Lipinski definition) is 3. The Bertz CT molecular complexity index is 584. The van der Waals surface area contributed by atoms with Crippen molar-refractivity contribution in [3.8, 4) is 0 Å². The van der Waals surface area contributed by atoms with E-state index in [1.165, 1.54) is 32.1 Å². The van der Waals surface area contributed by atoms with E-state index in [4.69, 9.17) is 4.74 Å². The number of carbonyl (C=O) groups is 2. The molecule has 1 aliphatic carbocycles. The number of rotatable bonds is 5. The third kappa shape index (κ3) is 4.40. The van der Waals surface area contributed by atoms with E-state index in [2.05, 4.69) is 5.32 Å². The lowest BCUT2D eigenvalue weighted by atomic mass is 9.88. The first-order valence-electron chi connectivity index (χ1n) is 9.43. The maximum absolute atomic E-state index is 13.1. The third-order valence-corrected chi connectivity index (χ3v) is 5.31. The summed E-state index contributed by atoms with van der Waals surface area (Å²) in [5.41, 5.74) is 0.905. The van der Waals surface area contributed by atoms with Crippen molar-refractivity contribution in [2.75, 3.05) is 19.7 Å². The number of morpholine rings is 1. The molecule has 3 rings (SSSR count). The van der Waals surface area contributed by atoms with Crippen molar-refractivity contribution in [2.24, 2.45) is 5.92 Å². The second kappa shape index (κ2) is 8.48. The van der Waals surface area contributed by atoms with Crippen LogP contribution < -0.4 is 5.32 Å². The largest absolute Gasteiger partial charge is 0.356 e. The molecule has 5 nitrogen and oxygen atoms in total. The van der Waals surface area contributed by atoms with Gasteiger partial charge in [-0.3, -0.25) is 9.59 Å². The minimum Gasteiger partial charge on any atom is -0.356 e. The highest BCUT2D eigenvalue weighted by molar-refractivity contribution is 5.86. The first-order chi connectivity index (χ1) is 12.2.